The van der Waals surface area contributed by atoms with Crippen molar-refractivity contribution in [1.82, 2.24) is 35.2 Å². The van der Waals surface area contributed by atoms with Gasteiger partial charge in [-0.05, 0) is 6.92 Å². The molecular formula is C10H12N8. The van der Waals surface area contributed by atoms with E-state index in [4.69, 9.17) is 0 Å². The number of anilines is 1. The van der Waals surface area contributed by atoms with Crippen LogP contribution < -0.4 is 5.32 Å². The van der Waals surface area contributed by atoms with Gasteiger partial charge in [0.25, 0.3) is 0 Å². The molecule has 0 fully saturated rings. The molecule has 92 valence electrons. The Kier molecular flexibility index (Phi) is 2.40. The second-order valence-corrected chi connectivity index (χ2v) is 3.80. The van der Waals surface area contributed by atoms with Crippen LogP contribution in [-0.2, 0) is 7.05 Å². The fraction of sp³-hybridized carbons (Fsp3) is 0.300. The first-order valence-corrected chi connectivity index (χ1v) is 5.59. The summed E-state index contributed by atoms with van der Waals surface area (Å²) in [4.78, 5) is 8.82. The second kappa shape index (κ2) is 4.06. The molecule has 0 spiro atoms. The Morgan fingerprint density at radius 1 is 1.33 bits per heavy atom. The summed E-state index contributed by atoms with van der Waals surface area (Å²) in [6, 6.07) is 0. The molecule has 3 aromatic rings. The molecule has 0 amide bonds. The van der Waals surface area contributed by atoms with Crippen molar-refractivity contribution in [3.05, 3.63) is 12.4 Å². The van der Waals surface area contributed by atoms with Crippen LogP contribution in [0.4, 0.5) is 5.95 Å². The molecular weight excluding hydrogens is 232 g/mol. The van der Waals surface area contributed by atoms with Gasteiger partial charge in [-0.15, -0.1) is 5.10 Å². The van der Waals surface area contributed by atoms with Gasteiger partial charge in [-0.3, -0.25) is 5.10 Å². The normalized spacial score (nSPS) is 11.0. The Morgan fingerprint density at radius 2 is 2.22 bits per heavy atom. The van der Waals surface area contributed by atoms with Crippen molar-refractivity contribution in [3.8, 4) is 11.4 Å². The first-order valence-electron chi connectivity index (χ1n) is 5.59. The predicted molar refractivity (Wildman–Crippen MR) is 65.8 cm³/mol. The number of aryl methyl sites for hydroxylation is 1. The number of H-pyrrole nitrogens is 1. The van der Waals surface area contributed by atoms with Crippen LogP contribution in [0.1, 0.15) is 6.92 Å². The Balaban J connectivity index is 2.26. The number of rotatable bonds is 3. The van der Waals surface area contributed by atoms with E-state index in [2.05, 4.69) is 35.8 Å². The van der Waals surface area contributed by atoms with Crippen LogP contribution in [0.25, 0.3) is 22.4 Å². The number of nitrogens with zero attached hydrogens (tertiary/aromatic N) is 6. The largest absolute Gasteiger partial charge is 0.354 e. The van der Waals surface area contributed by atoms with Crippen LogP contribution in [0.5, 0.6) is 0 Å². The predicted octanol–water partition coefficient (Wildman–Crippen LogP) is 0.580. The molecule has 18 heavy (non-hydrogen) atoms. The van der Waals surface area contributed by atoms with Crippen molar-refractivity contribution in [3.63, 3.8) is 0 Å². The summed E-state index contributed by atoms with van der Waals surface area (Å²) >= 11 is 0. The fourth-order valence-corrected chi connectivity index (χ4v) is 1.77. The third kappa shape index (κ3) is 1.58. The zero-order valence-corrected chi connectivity index (χ0v) is 10.0. The lowest BCUT2D eigenvalue weighted by molar-refractivity contribution is 0.719. The summed E-state index contributed by atoms with van der Waals surface area (Å²) in [5, 5.41) is 18.6. The van der Waals surface area contributed by atoms with Gasteiger partial charge in [-0.25, -0.2) is 9.67 Å². The van der Waals surface area contributed by atoms with Gasteiger partial charge in [-0.1, -0.05) is 5.21 Å². The highest BCUT2D eigenvalue weighted by atomic mass is 15.4. The van der Waals surface area contributed by atoms with E-state index < -0.39 is 0 Å². The molecule has 3 aromatic heterocycles. The molecule has 0 atom stereocenters. The number of nitrogens with one attached hydrogen (secondary N) is 2. The number of fused-ring (bicyclic) bond motifs is 1. The average Bonchev–Trinajstić information content (AvgIpc) is 2.97. The molecule has 0 saturated carbocycles. The van der Waals surface area contributed by atoms with Gasteiger partial charge in [0.1, 0.15) is 11.4 Å². The molecule has 0 saturated heterocycles. The highest BCUT2D eigenvalue weighted by Gasteiger charge is 2.14. The summed E-state index contributed by atoms with van der Waals surface area (Å²) in [5.41, 5.74) is 2.28. The van der Waals surface area contributed by atoms with Crippen LogP contribution in [0, 0.1) is 0 Å². The molecule has 0 radical (unpaired) electrons. The van der Waals surface area contributed by atoms with Crippen molar-refractivity contribution in [2.45, 2.75) is 6.92 Å². The van der Waals surface area contributed by atoms with Gasteiger partial charge in [0.2, 0.25) is 5.95 Å². The van der Waals surface area contributed by atoms with E-state index in [0.717, 1.165) is 23.3 Å². The molecule has 8 heteroatoms. The van der Waals surface area contributed by atoms with Crippen LogP contribution in [-0.4, -0.2) is 41.7 Å². The molecule has 0 unspecified atom stereocenters. The van der Waals surface area contributed by atoms with Gasteiger partial charge in [0.15, 0.2) is 5.65 Å². The quantitative estimate of drug-likeness (QED) is 0.699. The summed E-state index contributed by atoms with van der Waals surface area (Å²) in [6.07, 6.45) is 3.37. The van der Waals surface area contributed by atoms with Gasteiger partial charge in [0, 0.05) is 13.6 Å². The Morgan fingerprint density at radius 3 is 2.94 bits per heavy atom. The number of hydrogen-bond acceptors (Lipinski definition) is 6. The lowest BCUT2D eigenvalue weighted by Gasteiger charge is -2.05. The summed E-state index contributed by atoms with van der Waals surface area (Å²) in [6.45, 7) is 2.74. The first kappa shape index (κ1) is 10.6. The van der Waals surface area contributed by atoms with E-state index in [9.17, 15) is 0 Å². The Hall–Kier alpha value is -2.51. The van der Waals surface area contributed by atoms with Crippen molar-refractivity contribution >= 4 is 17.0 Å². The van der Waals surface area contributed by atoms with Gasteiger partial charge >= 0.3 is 0 Å². The van der Waals surface area contributed by atoms with Crippen LogP contribution in [0.3, 0.4) is 0 Å². The van der Waals surface area contributed by atoms with Crippen LogP contribution in [0.15, 0.2) is 12.4 Å². The standard InChI is InChI=1S/C10H12N8/c1-3-11-10-14-8(7-5-13-17-18(7)2)6-4-12-16-9(6)15-10/h4-5H,3H2,1-2H3,(H2,11,12,14,15,16). The van der Waals surface area contributed by atoms with Crippen molar-refractivity contribution in [2.24, 2.45) is 7.05 Å². The maximum atomic E-state index is 4.48. The zero-order chi connectivity index (χ0) is 12.5. The molecule has 8 nitrogen and oxygen atoms in total. The van der Waals surface area contributed by atoms with Gasteiger partial charge in [-0.2, -0.15) is 10.1 Å². The smallest absolute Gasteiger partial charge is 0.225 e. The maximum Gasteiger partial charge on any atom is 0.225 e. The fourth-order valence-electron chi connectivity index (χ4n) is 1.77. The number of hydrogen-bond donors (Lipinski definition) is 2. The SMILES string of the molecule is CCNc1nc(-c2cnnn2C)c2cn[nH]c2n1. The topological polar surface area (TPSA) is 97.2 Å². The summed E-state index contributed by atoms with van der Waals surface area (Å²) in [7, 11) is 1.82. The summed E-state index contributed by atoms with van der Waals surface area (Å²) < 4.78 is 1.67. The zero-order valence-electron chi connectivity index (χ0n) is 10.0. The molecule has 0 aliphatic heterocycles. The minimum atomic E-state index is 0.561. The van der Waals surface area contributed by atoms with E-state index >= 15 is 0 Å². The Labute approximate surface area is 102 Å². The third-order valence-electron chi connectivity index (χ3n) is 2.60. The Bertz CT molecular complexity index is 682. The monoisotopic (exact) mass is 244 g/mol. The number of aromatic amines is 1. The molecule has 0 bridgehead atoms. The lowest BCUT2D eigenvalue weighted by atomic mass is 10.2. The van der Waals surface area contributed by atoms with E-state index in [1.807, 2.05) is 14.0 Å². The molecule has 2 N–H and O–H groups in total. The first-order chi connectivity index (χ1) is 8.79. The molecule has 0 aliphatic carbocycles. The molecule has 3 heterocycles. The minimum Gasteiger partial charge on any atom is -0.354 e. The van der Waals surface area contributed by atoms with Crippen molar-refractivity contribution < 1.29 is 0 Å². The van der Waals surface area contributed by atoms with Crippen molar-refractivity contribution in [1.29, 1.82) is 0 Å². The van der Waals surface area contributed by atoms with Crippen LogP contribution in [0.2, 0.25) is 0 Å². The highest BCUT2D eigenvalue weighted by molar-refractivity contribution is 5.89. The maximum absolute atomic E-state index is 4.48. The summed E-state index contributed by atoms with van der Waals surface area (Å²) in [5.74, 6) is 0.561. The molecule has 3 rings (SSSR count). The number of aromatic nitrogens is 7. The average molecular weight is 244 g/mol. The highest BCUT2D eigenvalue weighted by Crippen LogP contribution is 2.24. The van der Waals surface area contributed by atoms with E-state index in [1.54, 1.807) is 17.1 Å². The molecule has 0 aliphatic rings. The van der Waals surface area contributed by atoms with E-state index in [0.29, 0.717) is 11.6 Å². The molecule has 0 aromatic carbocycles. The van der Waals surface area contributed by atoms with Crippen LogP contribution >= 0.6 is 0 Å². The third-order valence-corrected chi connectivity index (χ3v) is 2.60. The van der Waals surface area contributed by atoms with Crippen molar-refractivity contribution in [2.75, 3.05) is 11.9 Å². The van der Waals surface area contributed by atoms with Gasteiger partial charge in [0.05, 0.1) is 17.8 Å². The minimum absolute atomic E-state index is 0.561. The lowest BCUT2D eigenvalue weighted by Crippen LogP contribution is -2.04. The second-order valence-electron chi connectivity index (χ2n) is 3.80. The van der Waals surface area contributed by atoms with E-state index in [-0.39, 0.29) is 0 Å². The van der Waals surface area contributed by atoms with E-state index in [1.165, 1.54) is 0 Å². The van der Waals surface area contributed by atoms with Gasteiger partial charge < -0.3 is 5.32 Å².